The molecule has 11 aromatic rings. The maximum atomic E-state index is 6.67. The van der Waals surface area contributed by atoms with E-state index in [-0.39, 0.29) is 0 Å². The molecule has 0 aliphatic heterocycles. The van der Waals surface area contributed by atoms with E-state index in [0.717, 1.165) is 66.4 Å². The lowest BCUT2D eigenvalue weighted by Gasteiger charge is -2.30. The molecule has 0 unspecified atom stereocenters. The number of fused-ring (bicyclic) bond motifs is 16. The fourth-order valence-electron chi connectivity index (χ4n) is 9.88. The zero-order valence-corrected chi connectivity index (χ0v) is 30.5. The molecule has 3 heterocycles. The number of furan rings is 2. The highest BCUT2D eigenvalue weighted by molar-refractivity contribution is 6.09. The third-order valence-corrected chi connectivity index (χ3v) is 12.3. The number of aromatic nitrogens is 2. The summed E-state index contributed by atoms with van der Waals surface area (Å²) in [5.74, 6) is 0.637. The van der Waals surface area contributed by atoms with Crippen LogP contribution >= 0.6 is 0 Å². The van der Waals surface area contributed by atoms with Crippen molar-refractivity contribution < 1.29 is 8.83 Å². The quantitative estimate of drug-likeness (QED) is 0.182. The highest BCUT2D eigenvalue weighted by Gasteiger charge is 2.51. The minimum Gasteiger partial charge on any atom is -0.456 e. The molecular formula is C53H30N2O2. The Morgan fingerprint density at radius 3 is 1.63 bits per heavy atom. The van der Waals surface area contributed by atoms with Gasteiger partial charge >= 0.3 is 0 Å². The first-order chi connectivity index (χ1) is 28.2. The van der Waals surface area contributed by atoms with Crippen LogP contribution < -0.4 is 0 Å². The van der Waals surface area contributed by atoms with E-state index in [4.69, 9.17) is 18.8 Å². The summed E-state index contributed by atoms with van der Waals surface area (Å²) in [6.45, 7) is 0. The Kier molecular flexibility index (Phi) is 6.07. The van der Waals surface area contributed by atoms with Crippen LogP contribution in [0.5, 0.6) is 0 Å². The second-order valence-electron chi connectivity index (χ2n) is 15.2. The fraction of sp³-hybridized carbons (Fsp3) is 0.0189. The van der Waals surface area contributed by atoms with Crippen molar-refractivity contribution in [2.75, 3.05) is 0 Å². The van der Waals surface area contributed by atoms with E-state index in [2.05, 4.69) is 133 Å². The molecule has 0 amide bonds. The lowest BCUT2D eigenvalue weighted by molar-refractivity contribution is 0.667. The van der Waals surface area contributed by atoms with Crippen molar-refractivity contribution in [2.24, 2.45) is 0 Å². The Hall–Kier alpha value is -7.56. The predicted molar refractivity (Wildman–Crippen MR) is 229 cm³/mol. The van der Waals surface area contributed by atoms with Crippen molar-refractivity contribution in [1.82, 2.24) is 9.97 Å². The lowest BCUT2D eigenvalue weighted by Crippen LogP contribution is -2.25. The summed E-state index contributed by atoms with van der Waals surface area (Å²) in [5, 5.41) is 3.06. The normalized spacial score (nSPS) is 13.4. The minimum atomic E-state index is -0.407. The summed E-state index contributed by atoms with van der Waals surface area (Å²) >= 11 is 0. The van der Waals surface area contributed by atoms with Crippen molar-refractivity contribution in [3.8, 4) is 56.0 Å². The zero-order valence-electron chi connectivity index (χ0n) is 30.5. The molecule has 4 heteroatoms. The van der Waals surface area contributed by atoms with E-state index in [1.165, 1.54) is 44.5 Å². The Morgan fingerprint density at radius 2 is 0.895 bits per heavy atom. The summed E-state index contributed by atoms with van der Waals surface area (Å²) in [7, 11) is 0. The highest BCUT2D eigenvalue weighted by Crippen LogP contribution is 2.63. The van der Waals surface area contributed by atoms with Gasteiger partial charge in [-0.25, -0.2) is 9.97 Å². The molecular weight excluding hydrogens is 697 g/mol. The molecule has 0 bridgehead atoms. The van der Waals surface area contributed by atoms with Gasteiger partial charge in [0.2, 0.25) is 0 Å². The van der Waals surface area contributed by atoms with Crippen LogP contribution in [0, 0.1) is 0 Å². The molecule has 2 aliphatic carbocycles. The van der Waals surface area contributed by atoms with Crippen LogP contribution in [0.25, 0.3) is 100 Å². The van der Waals surface area contributed by atoms with Crippen LogP contribution in [0.4, 0.5) is 0 Å². The SMILES string of the molecule is c1ccc(-c2nc(-c3ccc4oc5ccccc5c4c3)nc3c2oc2ccc(-c4ccc5c(c4)C4(c6ccccc6-c6ccccc64)c4ccccc4-5)cc23)cc1. The Balaban J connectivity index is 1.03. The number of rotatable bonds is 3. The first-order valence-electron chi connectivity index (χ1n) is 19.4. The standard InChI is InChI=1S/C53H30N2O2/c1-2-12-31(13-3-1)49-51-50(55-52(54-49)34-24-27-47-40(29-34)39-17-7-11-21-46(39)56-47)41-28-32(23-26-48(41)57-51)33-22-25-38-37-16-6-10-20-44(37)53(45(38)30-33)42-18-8-4-14-35(42)36-15-5-9-19-43(36)53/h1-30H. The maximum absolute atomic E-state index is 6.67. The third-order valence-electron chi connectivity index (χ3n) is 12.3. The predicted octanol–water partition coefficient (Wildman–Crippen LogP) is 13.6. The maximum Gasteiger partial charge on any atom is 0.180 e. The number of hydrogen-bond acceptors (Lipinski definition) is 4. The van der Waals surface area contributed by atoms with Gasteiger partial charge in [0, 0.05) is 27.3 Å². The fourth-order valence-corrected chi connectivity index (χ4v) is 9.88. The second kappa shape index (κ2) is 11.2. The second-order valence-corrected chi connectivity index (χ2v) is 15.2. The number of para-hydroxylation sites is 1. The molecule has 4 nitrogen and oxygen atoms in total. The number of nitrogens with zero attached hydrogens (tertiary/aromatic N) is 2. The van der Waals surface area contributed by atoms with Crippen molar-refractivity contribution >= 4 is 44.0 Å². The summed E-state index contributed by atoms with van der Waals surface area (Å²) in [6.07, 6.45) is 0. The Labute approximate surface area is 327 Å². The monoisotopic (exact) mass is 726 g/mol. The Morgan fingerprint density at radius 1 is 0.351 bits per heavy atom. The molecule has 2 aliphatic rings. The van der Waals surface area contributed by atoms with Crippen LogP contribution in [-0.4, -0.2) is 9.97 Å². The summed E-state index contributed by atoms with van der Waals surface area (Å²) in [4.78, 5) is 10.5. The lowest BCUT2D eigenvalue weighted by atomic mass is 9.70. The molecule has 13 rings (SSSR count). The molecule has 3 aromatic heterocycles. The van der Waals surface area contributed by atoms with Crippen molar-refractivity contribution in [2.45, 2.75) is 5.41 Å². The van der Waals surface area contributed by atoms with Crippen LogP contribution in [-0.2, 0) is 5.41 Å². The summed E-state index contributed by atoms with van der Waals surface area (Å²) in [5.41, 5.74) is 18.9. The van der Waals surface area contributed by atoms with Crippen LogP contribution in [0.15, 0.2) is 191 Å². The summed E-state index contributed by atoms with van der Waals surface area (Å²) < 4.78 is 12.8. The van der Waals surface area contributed by atoms with E-state index >= 15 is 0 Å². The smallest absolute Gasteiger partial charge is 0.180 e. The van der Waals surface area contributed by atoms with Crippen molar-refractivity contribution in [3.63, 3.8) is 0 Å². The van der Waals surface area contributed by atoms with Crippen LogP contribution in [0.2, 0.25) is 0 Å². The Bertz CT molecular complexity index is 3420. The van der Waals surface area contributed by atoms with E-state index in [1.54, 1.807) is 0 Å². The van der Waals surface area contributed by atoms with E-state index in [0.29, 0.717) is 11.4 Å². The number of hydrogen-bond donors (Lipinski definition) is 0. The first kappa shape index (κ1) is 30.7. The van der Waals surface area contributed by atoms with Crippen molar-refractivity contribution in [1.29, 1.82) is 0 Å². The van der Waals surface area contributed by atoms with Gasteiger partial charge in [-0.2, -0.15) is 0 Å². The van der Waals surface area contributed by atoms with Crippen LogP contribution in [0.3, 0.4) is 0 Å². The largest absolute Gasteiger partial charge is 0.456 e. The van der Waals surface area contributed by atoms with Gasteiger partial charge in [-0.05, 0) is 98.1 Å². The zero-order chi connectivity index (χ0) is 37.2. The molecule has 0 saturated heterocycles. The van der Waals surface area contributed by atoms with Gasteiger partial charge in [-0.3, -0.25) is 0 Å². The molecule has 0 fully saturated rings. The molecule has 57 heavy (non-hydrogen) atoms. The highest BCUT2D eigenvalue weighted by atomic mass is 16.3. The first-order valence-corrected chi connectivity index (χ1v) is 19.4. The minimum absolute atomic E-state index is 0.407. The van der Waals surface area contributed by atoms with E-state index < -0.39 is 5.41 Å². The van der Waals surface area contributed by atoms with E-state index in [9.17, 15) is 0 Å². The number of benzene rings is 8. The van der Waals surface area contributed by atoms with Gasteiger partial charge in [-0.1, -0.05) is 140 Å². The van der Waals surface area contributed by atoms with Gasteiger partial charge in [-0.15, -0.1) is 0 Å². The van der Waals surface area contributed by atoms with Gasteiger partial charge in [0.05, 0.1) is 5.41 Å². The van der Waals surface area contributed by atoms with E-state index in [1.807, 2.05) is 48.5 Å². The molecule has 0 saturated carbocycles. The van der Waals surface area contributed by atoms with Crippen molar-refractivity contribution in [3.05, 3.63) is 204 Å². The van der Waals surface area contributed by atoms with Gasteiger partial charge < -0.3 is 8.83 Å². The third kappa shape index (κ3) is 4.11. The molecule has 0 radical (unpaired) electrons. The molecule has 0 atom stereocenters. The molecule has 1 spiro atoms. The van der Waals surface area contributed by atoms with Gasteiger partial charge in [0.15, 0.2) is 11.4 Å². The average Bonchev–Trinajstić information content (AvgIpc) is 4.01. The topological polar surface area (TPSA) is 52.1 Å². The van der Waals surface area contributed by atoms with Gasteiger partial charge in [0.25, 0.3) is 0 Å². The average molecular weight is 727 g/mol. The molecule has 0 N–H and O–H groups in total. The summed E-state index contributed by atoms with van der Waals surface area (Å²) in [6, 6.07) is 65.0. The molecule has 8 aromatic carbocycles. The molecule has 264 valence electrons. The van der Waals surface area contributed by atoms with Gasteiger partial charge in [0.1, 0.15) is 28.0 Å². The van der Waals surface area contributed by atoms with Crippen LogP contribution in [0.1, 0.15) is 22.3 Å².